The molecule has 0 aromatic rings. The molecule has 0 radical (unpaired) electrons. The van der Waals surface area contributed by atoms with Gasteiger partial charge in [-0.05, 0) is 12.8 Å². The zero-order chi connectivity index (χ0) is 8.72. The Morgan fingerprint density at radius 1 is 1.58 bits per heavy atom. The molecule has 4 heteroatoms. The number of rotatable bonds is 1. The van der Waals surface area contributed by atoms with Crippen LogP contribution in [0.4, 0.5) is 0 Å². The van der Waals surface area contributed by atoms with Gasteiger partial charge in [-0.25, -0.2) is 4.79 Å². The fourth-order valence-electron chi connectivity index (χ4n) is 1.87. The predicted molar refractivity (Wildman–Crippen MR) is 47.9 cm³/mol. The van der Waals surface area contributed by atoms with Crippen molar-refractivity contribution in [3.63, 3.8) is 0 Å². The van der Waals surface area contributed by atoms with Gasteiger partial charge in [0.15, 0.2) is 0 Å². The molecule has 0 spiro atoms. The van der Waals surface area contributed by atoms with Crippen molar-refractivity contribution in [1.29, 1.82) is 0 Å². The number of esters is 1. The molecule has 2 atom stereocenters. The van der Waals surface area contributed by atoms with Gasteiger partial charge in [0, 0.05) is 16.6 Å². The SMILES string of the molecule is COC(=O)C1=C(Br)C2CCC1N2. The molecule has 1 N–H and O–H groups in total. The van der Waals surface area contributed by atoms with Gasteiger partial charge in [-0.15, -0.1) is 0 Å². The van der Waals surface area contributed by atoms with Crippen LogP contribution < -0.4 is 5.32 Å². The Labute approximate surface area is 79.3 Å². The van der Waals surface area contributed by atoms with Crippen molar-refractivity contribution < 1.29 is 9.53 Å². The standard InChI is InChI=1S/C8H10BrNO2/c1-12-8(11)6-4-2-3-5(10-4)7(6)9/h4-5,10H,2-3H2,1H3. The van der Waals surface area contributed by atoms with Crippen molar-refractivity contribution in [2.75, 3.05) is 7.11 Å². The lowest BCUT2D eigenvalue weighted by atomic mass is 10.00. The van der Waals surface area contributed by atoms with E-state index in [9.17, 15) is 4.79 Å². The Morgan fingerprint density at radius 3 is 2.75 bits per heavy atom. The molecule has 2 bridgehead atoms. The molecule has 2 aliphatic heterocycles. The normalized spacial score (nSPS) is 32.8. The van der Waals surface area contributed by atoms with E-state index in [0.717, 1.165) is 22.9 Å². The van der Waals surface area contributed by atoms with Gasteiger partial charge in [0.1, 0.15) is 0 Å². The van der Waals surface area contributed by atoms with Crippen LogP contribution in [0, 0.1) is 0 Å². The number of ether oxygens (including phenoxy) is 1. The maximum Gasteiger partial charge on any atom is 0.336 e. The molecule has 2 unspecified atom stereocenters. The molecular formula is C8H10BrNO2. The molecule has 0 saturated carbocycles. The second-order valence-electron chi connectivity index (χ2n) is 3.10. The Morgan fingerprint density at radius 2 is 2.25 bits per heavy atom. The molecule has 12 heavy (non-hydrogen) atoms. The number of methoxy groups -OCH3 is 1. The molecule has 0 aromatic heterocycles. The van der Waals surface area contributed by atoms with E-state index in [1.54, 1.807) is 0 Å². The minimum atomic E-state index is -0.207. The molecule has 1 fully saturated rings. The van der Waals surface area contributed by atoms with E-state index < -0.39 is 0 Å². The molecule has 66 valence electrons. The van der Waals surface area contributed by atoms with Crippen molar-refractivity contribution in [3.8, 4) is 0 Å². The Kier molecular flexibility index (Phi) is 1.96. The van der Waals surface area contributed by atoms with Crippen LogP contribution in [0.1, 0.15) is 12.8 Å². The van der Waals surface area contributed by atoms with Gasteiger partial charge >= 0.3 is 5.97 Å². The van der Waals surface area contributed by atoms with Crippen molar-refractivity contribution in [1.82, 2.24) is 5.32 Å². The van der Waals surface area contributed by atoms with Crippen LogP contribution in [0.25, 0.3) is 0 Å². The van der Waals surface area contributed by atoms with E-state index in [1.165, 1.54) is 7.11 Å². The summed E-state index contributed by atoms with van der Waals surface area (Å²) in [6, 6.07) is 0.570. The van der Waals surface area contributed by atoms with Crippen molar-refractivity contribution in [3.05, 3.63) is 10.1 Å². The molecular weight excluding hydrogens is 222 g/mol. The number of carbonyl (C=O) groups is 1. The molecule has 0 amide bonds. The maximum absolute atomic E-state index is 11.3. The van der Waals surface area contributed by atoms with Gasteiger partial charge in [0.05, 0.1) is 12.7 Å². The van der Waals surface area contributed by atoms with Crippen LogP contribution in [0.2, 0.25) is 0 Å². The van der Waals surface area contributed by atoms with Crippen molar-refractivity contribution in [2.24, 2.45) is 0 Å². The largest absolute Gasteiger partial charge is 0.466 e. The number of nitrogens with one attached hydrogen (secondary N) is 1. The summed E-state index contributed by atoms with van der Waals surface area (Å²) >= 11 is 3.42. The van der Waals surface area contributed by atoms with Gasteiger partial charge in [-0.1, -0.05) is 15.9 Å². The number of fused-ring (bicyclic) bond motifs is 2. The van der Waals surface area contributed by atoms with Crippen LogP contribution >= 0.6 is 15.9 Å². The first-order chi connectivity index (χ1) is 5.74. The van der Waals surface area contributed by atoms with Crippen molar-refractivity contribution >= 4 is 21.9 Å². The number of halogens is 1. The highest BCUT2D eigenvalue weighted by Gasteiger charge is 2.40. The lowest BCUT2D eigenvalue weighted by Gasteiger charge is -2.11. The minimum absolute atomic E-state index is 0.207. The van der Waals surface area contributed by atoms with Gasteiger partial charge in [-0.2, -0.15) is 0 Å². The van der Waals surface area contributed by atoms with E-state index in [0.29, 0.717) is 6.04 Å². The first kappa shape index (κ1) is 8.26. The highest BCUT2D eigenvalue weighted by Crippen LogP contribution is 2.37. The summed E-state index contributed by atoms with van der Waals surface area (Å²) in [6.45, 7) is 0. The highest BCUT2D eigenvalue weighted by molar-refractivity contribution is 9.11. The smallest absolute Gasteiger partial charge is 0.336 e. The highest BCUT2D eigenvalue weighted by atomic mass is 79.9. The summed E-state index contributed by atoms with van der Waals surface area (Å²) in [5, 5.41) is 3.32. The lowest BCUT2D eigenvalue weighted by Crippen LogP contribution is -2.24. The van der Waals surface area contributed by atoms with Gasteiger partial charge < -0.3 is 10.1 Å². The summed E-state index contributed by atoms with van der Waals surface area (Å²) < 4.78 is 5.68. The molecule has 1 saturated heterocycles. The number of hydrogen-bond acceptors (Lipinski definition) is 3. The van der Waals surface area contributed by atoms with Gasteiger partial charge in [0.2, 0.25) is 0 Å². The first-order valence-corrected chi connectivity index (χ1v) is 4.77. The number of carbonyl (C=O) groups excluding carboxylic acids is 1. The first-order valence-electron chi connectivity index (χ1n) is 3.98. The quantitative estimate of drug-likeness (QED) is 0.684. The predicted octanol–water partition coefficient (Wildman–Crippen LogP) is 0.943. The third kappa shape index (κ3) is 1.02. The Bertz CT molecular complexity index is 262. The lowest BCUT2D eigenvalue weighted by molar-refractivity contribution is -0.136. The Balaban J connectivity index is 2.29. The van der Waals surface area contributed by atoms with E-state index in [2.05, 4.69) is 21.2 Å². The zero-order valence-corrected chi connectivity index (χ0v) is 8.35. The van der Waals surface area contributed by atoms with Gasteiger partial charge in [0.25, 0.3) is 0 Å². The van der Waals surface area contributed by atoms with Crippen LogP contribution in [-0.2, 0) is 9.53 Å². The van der Waals surface area contributed by atoms with Crippen LogP contribution in [-0.4, -0.2) is 25.2 Å². The fraction of sp³-hybridized carbons (Fsp3) is 0.625. The second kappa shape index (κ2) is 2.85. The summed E-state index contributed by atoms with van der Waals surface area (Å²) in [7, 11) is 1.42. The van der Waals surface area contributed by atoms with E-state index in [1.807, 2.05) is 0 Å². The molecule has 0 aromatic carbocycles. The van der Waals surface area contributed by atoms with Crippen LogP contribution in [0.15, 0.2) is 10.1 Å². The third-order valence-electron chi connectivity index (χ3n) is 2.46. The minimum Gasteiger partial charge on any atom is -0.466 e. The van der Waals surface area contributed by atoms with Gasteiger partial charge in [-0.3, -0.25) is 0 Å². The fourth-order valence-corrected chi connectivity index (χ4v) is 2.67. The van der Waals surface area contributed by atoms with Crippen LogP contribution in [0.5, 0.6) is 0 Å². The molecule has 3 nitrogen and oxygen atoms in total. The molecule has 0 aliphatic carbocycles. The summed E-state index contributed by atoms with van der Waals surface area (Å²) in [6.07, 6.45) is 2.16. The van der Waals surface area contributed by atoms with E-state index in [-0.39, 0.29) is 12.0 Å². The zero-order valence-electron chi connectivity index (χ0n) is 6.76. The summed E-state index contributed by atoms with van der Waals surface area (Å²) in [4.78, 5) is 11.3. The summed E-state index contributed by atoms with van der Waals surface area (Å²) in [5.41, 5.74) is 0.786. The maximum atomic E-state index is 11.3. The van der Waals surface area contributed by atoms with E-state index in [4.69, 9.17) is 4.74 Å². The molecule has 2 heterocycles. The summed E-state index contributed by atoms with van der Waals surface area (Å²) in [5.74, 6) is -0.207. The van der Waals surface area contributed by atoms with Crippen LogP contribution in [0.3, 0.4) is 0 Å². The average Bonchev–Trinajstić information content (AvgIpc) is 2.63. The topological polar surface area (TPSA) is 38.3 Å². The third-order valence-corrected chi connectivity index (χ3v) is 3.44. The Hall–Kier alpha value is -0.350. The van der Waals surface area contributed by atoms with E-state index >= 15 is 0 Å². The monoisotopic (exact) mass is 231 g/mol. The average molecular weight is 232 g/mol. The molecule has 2 rings (SSSR count). The van der Waals surface area contributed by atoms with Crippen molar-refractivity contribution in [2.45, 2.75) is 24.9 Å². The molecule has 2 aliphatic rings. The second-order valence-corrected chi connectivity index (χ2v) is 3.96. The number of hydrogen-bond donors (Lipinski definition) is 1.